The second kappa shape index (κ2) is 5.14. The molecule has 3 rings (SSSR count). The predicted molar refractivity (Wildman–Crippen MR) is 82.4 cm³/mol. The molecule has 100 valence electrons. The summed E-state index contributed by atoms with van der Waals surface area (Å²) in [4.78, 5) is 11.3. The van der Waals surface area contributed by atoms with Crippen LogP contribution in [0.15, 0.2) is 54.7 Å². The lowest BCUT2D eigenvalue weighted by molar-refractivity contribution is 0.108. The van der Waals surface area contributed by atoms with Gasteiger partial charge in [0.05, 0.1) is 0 Å². The number of aromatic nitrogens is 1. The van der Waals surface area contributed by atoms with Crippen LogP contribution in [0.1, 0.15) is 21.5 Å². The van der Waals surface area contributed by atoms with Crippen LogP contribution in [0.4, 0.5) is 0 Å². The standard InChI is InChI=1S/C17H14ClNO/c1-12-10-19(11-13-5-3-2-4-6-13)16-9-14(17(18)20)7-8-15(12)16/h2-10H,11H2,1H3. The van der Waals surface area contributed by atoms with Crippen molar-refractivity contribution >= 4 is 27.7 Å². The number of rotatable bonds is 3. The van der Waals surface area contributed by atoms with Gasteiger partial charge in [0, 0.05) is 29.2 Å². The van der Waals surface area contributed by atoms with Gasteiger partial charge in [0.2, 0.25) is 0 Å². The van der Waals surface area contributed by atoms with Crippen LogP contribution in [0.5, 0.6) is 0 Å². The van der Waals surface area contributed by atoms with E-state index in [1.54, 1.807) is 6.07 Å². The molecule has 0 radical (unpaired) electrons. The zero-order valence-corrected chi connectivity index (χ0v) is 11.9. The minimum absolute atomic E-state index is 0.419. The highest BCUT2D eigenvalue weighted by Crippen LogP contribution is 2.23. The van der Waals surface area contributed by atoms with Crippen molar-refractivity contribution < 1.29 is 4.79 Å². The summed E-state index contributed by atoms with van der Waals surface area (Å²) < 4.78 is 2.16. The van der Waals surface area contributed by atoms with Crippen molar-refractivity contribution in [2.24, 2.45) is 0 Å². The first-order valence-electron chi connectivity index (χ1n) is 6.48. The van der Waals surface area contributed by atoms with E-state index in [-0.39, 0.29) is 0 Å². The summed E-state index contributed by atoms with van der Waals surface area (Å²) in [5, 5.41) is 0.736. The van der Waals surface area contributed by atoms with E-state index in [4.69, 9.17) is 11.6 Å². The van der Waals surface area contributed by atoms with Gasteiger partial charge in [-0.1, -0.05) is 36.4 Å². The van der Waals surface area contributed by atoms with Crippen molar-refractivity contribution in [3.05, 3.63) is 71.4 Å². The summed E-state index contributed by atoms with van der Waals surface area (Å²) in [6, 6.07) is 15.9. The lowest BCUT2D eigenvalue weighted by Gasteiger charge is -2.06. The van der Waals surface area contributed by atoms with Crippen molar-refractivity contribution in [1.82, 2.24) is 4.57 Å². The van der Waals surface area contributed by atoms with Crippen LogP contribution in [-0.4, -0.2) is 9.81 Å². The molecule has 0 fully saturated rings. The molecular formula is C17H14ClNO. The van der Waals surface area contributed by atoms with Crippen LogP contribution in [0.3, 0.4) is 0 Å². The second-order valence-electron chi connectivity index (χ2n) is 4.93. The van der Waals surface area contributed by atoms with E-state index in [1.165, 1.54) is 11.1 Å². The molecule has 20 heavy (non-hydrogen) atoms. The van der Waals surface area contributed by atoms with Crippen molar-refractivity contribution in [2.75, 3.05) is 0 Å². The lowest BCUT2D eigenvalue weighted by Crippen LogP contribution is -1.98. The van der Waals surface area contributed by atoms with Crippen molar-refractivity contribution in [2.45, 2.75) is 13.5 Å². The molecule has 0 aliphatic heterocycles. The Morgan fingerprint density at radius 2 is 1.90 bits per heavy atom. The van der Waals surface area contributed by atoms with Crippen LogP contribution in [-0.2, 0) is 6.54 Å². The van der Waals surface area contributed by atoms with E-state index in [9.17, 15) is 4.79 Å². The summed E-state index contributed by atoms with van der Waals surface area (Å²) >= 11 is 5.57. The third-order valence-electron chi connectivity index (χ3n) is 3.50. The number of nitrogens with zero attached hydrogens (tertiary/aromatic N) is 1. The Labute approximate surface area is 122 Å². The van der Waals surface area contributed by atoms with Crippen LogP contribution in [0, 0.1) is 6.92 Å². The first kappa shape index (κ1) is 12.9. The second-order valence-corrected chi connectivity index (χ2v) is 5.27. The van der Waals surface area contributed by atoms with Crippen molar-refractivity contribution in [3.63, 3.8) is 0 Å². The number of benzene rings is 2. The van der Waals surface area contributed by atoms with Crippen LogP contribution in [0.2, 0.25) is 0 Å². The quantitative estimate of drug-likeness (QED) is 0.654. The molecule has 3 aromatic rings. The first-order chi connectivity index (χ1) is 9.65. The van der Waals surface area contributed by atoms with Gasteiger partial charge in [-0.3, -0.25) is 4.79 Å². The van der Waals surface area contributed by atoms with Crippen LogP contribution < -0.4 is 0 Å². The van der Waals surface area contributed by atoms with E-state index < -0.39 is 5.24 Å². The maximum atomic E-state index is 11.3. The van der Waals surface area contributed by atoms with E-state index in [2.05, 4.69) is 29.8 Å². The fourth-order valence-corrected chi connectivity index (χ4v) is 2.63. The summed E-state index contributed by atoms with van der Waals surface area (Å²) in [6.07, 6.45) is 2.11. The average molecular weight is 284 g/mol. The van der Waals surface area contributed by atoms with Gasteiger partial charge in [-0.2, -0.15) is 0 Å². The van der Waals surface area contributed by atoms with E-state index >= 15 is 0 Å². The Morgan fingerprint density at radius 3 is 2.60 bits per heavy atom. The molecule has 2 aromatic carbocycles. The van der Waals surface area contributed by atoms with E-state index in [0.29, 0.717) is 5.56 Å². The summed E-state index contributed by atoms with van der Waals surface area (Å²) in [7, 11) is 0. The normalized spacial score (nSPS) is 10.9. The molecular weight excluding hydrogens is 270 g/mol. The number of carbonyl (C=O) groups is 1. The largest absolute Gasteiger partial charge is 0.343 e. The minimum atomic E-state index is -0.419. The topological polar surface area (TPSA) is 22.0 Å². The van der Waals surface area contributed by atoms with Gasteiger partial charge < -0.3 is 4.57 Å². The number of aryl methyl sites for hydroxylation is 1. The molecule has 0 N–H and O–H groups in total. The van der Waals surface area contributed by atoms with Gasteiger partial charge >= 0.3 is 0 Å². The van der Waals surface area contributed by atoms with Crippen LogP contribution >= 0.6 is 11.6 Å². The predicted octanol–water partition coefficient (Wildman–Crippen LogP) is 4.38. The number of hydrogen-bond donors (Lipinski definition) is 0. The summed E-state index contributed by atoms with van der Waals surface area (Å²) in [5.74, 6) is 0. The maximum Gasteiger partial charge on any atom is 0.252 e. The highest BCUT2D eigenvalue weighted by Gasteiger charge is 2.09. The Balaban J connectivity index is 2.10. The smallest absolute Gasteiger partial charge is 0.252 e. The van der Waals surface area contributed by atoms with Crippen molar-refractivity contribution in [3.8, 4) is 0 Å². The number of carbonyl (C=O) groups excluding carboxylic acids is 1. The highest BCUT2D eigenvalue weighted by molar-refractivity contribution is 6.67. The maximum absolute atomic E-state index is 11.3. The molecule has 3 heteroatoms. The molecule has 0 unspecified atom stereocenters. The molecule has 0 bridgehead atoms. The zero-order chi connectivity index (χ0) is 14.1. The summed E-state index contributed by atoms with van der Waals surface area (Å²) in [6.45, 7) is 2.86. The SMILES string of the molecule is Cc1cn(Cc2ccccc2)c2cc(C(=O)Cl)ccc12. The van der Waals surface area contributed by atoms with Gasteiger partial charge in [0.25, 0.3) is 5.24 Å². The van der Waals surface area contributed by atoms with Gasteiger partial charge in [-0.25, -0.2) is 0 Å². The van der Waals surface area contributed by atoms with Gasteiger partial charge in [0.15, 0.2) is 0 Å². The van der Waals surface area contributed by atoms with Gasteiger partial charge in [-0.05, 0) is 41.8 Å². The molecule has 0 atom stereocenters. The highest BCUT2D eigenvalue weighted by atomic mass is 35.5. The minimum Gasteiger partial charge on any atom is -0.343 e. The lowest BCUT2D eigenvalue weighted by atomic mass is 10.1. The number of hydrogen-bond acceptors (Lipinski definition) is 1. The number of halogens is 1. The Bertz CT molecular complexity index is 774. The molecule has 0 spiro atoms. The number of fused-ring (bicyclic) bond motifs is 1. The first-order valence-corrected chi connectivity index (χ1v) is 6.86. The third kappa shape index (κ3) is 2.35. The Hall–Kier alpha value is -2.06. The van der Waals surface area contributed by atoms with E-state index in [0.717, 1.165) is 17.4 Å². The van der Waals surface area contributed by atoms with E-state index in [1.807, 2.05) is 30.3 Å². The third-order valence-corrected chi connectivity index (χ3v) is 3.72. The van der Waals surface area contributed by atoms with Gasteiger partial charge in [-0.15, -0.1) is 0 Å². The molecule has 1 heterocycles. The monoisotopic (exact) mass is 283 g/mol. The molecule has 0 saturated carbocycles. The molecule has 0 aliphatic carbocycles. The van der Waals surface area contributed by atoms with Crippen LogP contribution in [0.25, 0.3) is 10.9 Å². The molecule has 0 aliphatic rings. The average Bonchev–Trinajstić information content (AvgIpc) is 2.76. The Kier molecular flexibility index (Phi) is 3.33. The summed E-state index contributed by atoms with van der Waals surface area (Å²) in [5.41, 5.74) is 4.00. The van der Waals surface area contributed by atoms with Gasteiger partial charge in [0.1, 0.15) is 0 Å². The fourth-order valence-electron chi connectivity index (χ4n) is 2.51. The molecule has 2 nitrogen and oxygen atoms in total. The fraction of sp³-hybridized carbons (Fsp3) is 0.118. The van der Waals surface area contributed by atoms with Crippen molar-refractivity contribution in [1.29, 1.82) is 0 Å². The Morgan fingerprint density at radius 1 is 1.15 bits per heavy atom. The molecule has 0 amide bonds. The zero-order valence-electron chi connectivity index (χ0n) is 11.1. The molecule has 0 saturated heterocycles. The molecule has 1 aromatic heterocycles.